The molecule has 84 valence electrons. The van der Waals surface area contributed by atoms with E-state index in [1.54, 1.807) is 7.11 Å². The van der Waals surface area contributed by atoms with E-state index in [1.165, 1.54) is 0 Å². The monoisotopic (exact) mass is 209 g/mol. The Morgan fingerprint density at radius 2 is 2.20 bits per heavy atom. The third kappa shape index (κ3) is 3.22. The molecule has 0 aliphatic heterocycles. The van der Waals surface area contributed by atoms with Gasteiger partial charge < -0.3 is 15.6 Å². The summed E-state index contributed by atoms with van der Waals surface area (Å²) in [7, 11) is 1.65. The maximum atomic E-state index is 9.26. The molecular weight excluding hydrogens is 190 g/mol. The van der Waals surface area contributed by atoms with Crippen LogP contribution >= 0.6 is 0 Å². The number of aliphatic hydroxyl groups excluding tert-OH is 1. The molecule has 0 heterocycles. The van der Waals surface area contributed by atoms with Crippen LogP contribution in [0.15, 0.2) is 24.3 Å². The van der Waals surface area contributed by atoms with Crippen molar-refractivity contribution >= 4 is 0 Å². The number of nitrogens with two attached hydrogens (primary N) is 1. The maximum Gasteiger partial charge on any atom is 0.119 e. The van der Waals surface area contributed by atoms with Crippen molar-refractivity contribution in [1.29, 1.82) is 0 Å². The Morgan fingerprint density at radius 1 is 1.47 bits per heavy atom. The molecule has 3 nitrogen and oxygen atoms in total. The van der Waals surface area contributed by atoms with E-state index >= 15 is 0 Å². The third-order valence-corrected chi connectivity index (χ3v) is 2.64. The summed E-state index contributed by atoms with van der Waals surface area (Å²) in [6.45, 7) is 2.55. The molecule has 0 fully saturated rings. The van der Waals surface area contributed by atoms with Gasteiger partial charge >= 0.3 is 0 Å². The van der Waals surface area contributed by atoms with Crippen LogP contribution in [-0.4, -0.2) is 25.4 Å². The minimum Gasteiger partial charge on any atom is -0.497 e. The lowest BCUT2D eigenvalue weighted by Gasteiger charge is -2.25. The highest BCUT2D eigenvalue weighted by atomic mass is 16.5. The predicted molar refractivity (Wildman–Crippen MR) is 60.9 cm³/mol. The number of aliphatic hydroxyl groups is 1. The minimum absolute atomic E-state index is 0.0979. The molecule has 0 saturated heterocycles. The van der Waals surface area contributed by atoms with Gasteiger partial charge in [0, 0.05) is 18.6 Å². The first-order valence-electron chi connectivity index (χ1n) is 5.07. The molecule has 0 aliphatic rings. The molecule has 1 aromatic rings. The fraction of sp³-hybridized carbons (Fsp3) is 0.500. The van der Waals surface area contributed by atoms with E-state index in [9.17, 15) is 5.11 Å². The van der Waals surface area contributed by atoms with E-state index in [1.807, 2.05) is 31.2 Å². The maximum absolute atomic E-state index is 9.26. The molecule has 0 aliphatic carbocycles. The van der Waals surface area contributed by atoms with E-state index in [4.69, 9.17) is 10.5 Å². The lowest BCUT2D eigenvalue weighted by atomic mass is 9.84. The summed E-state index contributed by atoms with van der Waals surface area (Å²) in [4.78, 5) is 0. The van der Waals surface area contributed by atoms with E-state index < -0.39 is 0 Å². The first-order valence-corrected chi connectivity index (χ1v) is 5.07. The van der Waals surface area contributed by atoms with E-state index in [-0.39, 0.29) is 12.0 Å². The molecule has 0 aromatic heterocycles. The Kier molecular flexibility index (Phi) is 4.12. The highest BCUT2D eigenvalue weighted by Gasteiger charge is 2.21. The van der Waals surface area contributed by atoms with Gasteiger partial charge in [-0.1, -0.05) is 19.1 Å². The second kappa shape index (κ2) is 5.14. The second-order valence-electron chi connectivity index (χ2n) is 4.20. The fourth-order valence-corrected chi connectivity index (χ4v) is 1.47. The largest absolute Gasteiger partial charge is 0.497 e. The first-order chi connectivity index (χ1) is 7.13. The smallest absolute Gasteiger partial charge is 0.119 e. The van der Waals surface area contributed by atoms with Gasteiger partial charge in [0.15, 0.2) is 0 Å². The van der Waals surface area contributed by atoms with Gasteiger partial charge in [0.2, 0.25) is 0 Å². The summed E-state index contributed by atoms with van der Waals surface area (Å²) in [5.74, 6) is 0.838. The molecule has 15 heavy (non-hydrogen) atoms. The highest BCUT2D eigenvalue weighted by Crippen LogP contribution is 2.22. The Morgan fingerprint density at radius 3 is 2.73 bits per heavy atom. The van der Waals surface area contributed by atoms with Gasteiger partial charge in [-0.25, -0.2) is 0 Å². The van der Waals surface area contributed by atoms with Crippen LogP contribution in [0.5, 0.6) is 5.75 Å². The summed E-state index contributed by atoms with van der Waals surface area (Å²) in [6.07, 6.45) is 0.761. The fourth-order valence-electron chi connectivity index (χ4n) is 1.47. The SMILES string of the molecule is COc1cccc(CC(C)(CN)CO)c1. The molecular formula is C12H19NO2. The minimum atomic E-state index is -0.244. The van der Waals surface area contributed by atoms with Gasteiger partial charge in [0.1, 0.15) is 5.75 Å². The zero-order chi connectivity index (χ0) is 11.3. The van der Waals surface area contributed by atoms with Crippen LogP contribution in [0.3, 0.4) is 0 Å². The van der Waals surface area contributed by atoms with Crippen molar-refractivity contribution in [1.82, 2.24) is 0 Å². The lowest BCUT2D eigenvalue weighted by molar-refractivity contribution is 0.149. The van der Waals surface area contributed by atoms with Crippen LogP contribution in [0.4, 0.5) is 0 Å². The van der Waals surface area contributed by atoms with Gasteiger partial charge in [0.05, 0.1) is 7.11 Å². The standard InChI is InChI=1S/C12H19NO2/c1-12(8-13,9-14)7-10-4-3-5-11(6-10)15-2/h3-6,14H,7-9,13H2,1-2H3. The molecule has 3 heteroatoms. The Hall–Kier alpha value is -1.06. The Labute approximate surface area is 90.9 Å². The summed E-state index contributed by atoms with van der Waals surface area (Å²) in [5, 5.41) is 9.26. The second-order valence-corrected chi connectivity index (χ2v) is 4.20. The van der Waals surface area contributed by atoms with Crippen LogP contribution in [0.25, 0.3) is 0 Å². The number of hydrogen-bond acceptors (Lipinski definition) is 3. The average molecular weight is 209 g/mol. The number of ether oxygens (including phenoxy) is 1. The topological polar surface area (TPSA) is 55.5 Å². The molecule has 1 aromatic carbocycles. The van der Waals surface area contributed by atoms with Crippen molar-refractivity contribution in [2.24, 2.45) is 11.1 Å². The molecule has 0 spiro atoms. The molecule has 0 amide bonds. The van der Waals surface area contributed by atoms with E-state index in [0.717, 1.165) is 17.7 Å². The van der Waals surface area contributed by atoms with Gasteiger partial charge in [-0.2, -0.15) is 0 Å². The van der Waals surface area contributed by atoms with Crippen LogP contribution < -0.4 is 10.5 Å². The molecule has 1 unspecified atom stereocenters. The summed E-state index contributed by atoms with van der Waals surface area (Å²) in [6, 6.07) is 7.85. The molecule has 1 rings (SSSR count). The molecule has 0 bridgehead atoms. The zero-order valence-corrected chi connectivity index (χ0v) is 9.36. The molecule has 3 N–H and O–H groups in total. The molecule has 0 saturated carbocycles. The Bertz CT molecular complexity index is 308. The summed E-state index contributed by atoms with van der Waals surface area (Å²) >= 11 is 0. The number of methoxy groups -OCH3 is 1. The average Bonchev–Trinajstić information content (AvgIpc) is 2.29. The first kappa shape index (κ1) is 12.0. The van der Waals surface area contributed by atoms with Crippen molar-refractivity contribution in [2.45, 2.75) is 13.3 Å². The van der Waals surface area contributed by atoms with Crippen molar-refractivity contribution in [3.8, 4) is 5.75 Å². The van der Waals surface area contributed by atoms with Gasteiger partial charge in [0.25, 0.3) is 0 Å². The number of hydrogen-bond donors (Lipinski definition) is 2. The highest BCUT2D eigenvalue weighted by molar-refractivity contribution is 5.29. The van der Waals surface area contributed by atoms with Gasteiger partial charge in [-0.05, 0) is 24.1 Å². The summed E-state index contributed by atoms with van der Waals surface area (Å²) in [5.41, 5.74) is 6.54. The normalized spacial score (nSPS) is 14.7. The Balaban J connectivity index is 2.79. The van der Waals surface area contributed by atoms with Crippen LogP contribution in [-0.2, 0) is 6.42 Å². The quantitative estimate of drug-likeness (QED) is 0.766. The van der Waals surface area contributed by atoms with Crippen molar-refractivity contribution in [3.63, 3.8) is 0 Å². The number of rotatable bonds is 5. The van der Waals surface area contributed by atoms with Crippen molar-refractivity contribution < 1.29 is 9.84 Å². The van der Waals surface area contributed by atoms with E-state index in [0.29, 0.717) is 6.54 Å². The lowest BCUT2D eigenvalue weighted by Crippen LogP contribution is -2.33. The van der Waals surface area contributed by atoms with Crippen LogP contribution in [0, 0.1) is 5.41 Å². The summed E-state index contributed by atoms with van der Waals surface area (Å²) < 4.78 is 5.14. The van der Waals surface area contributed by atoms with Gasteiger partial charge in [-0.3, -0.25) is 0 Å². The number of benzene rings is 1. The molecule has 0 radical (unpaired) electrons. The van der Waals surface area contributed by atoms with Crippen molar-refractivity contribution in [3.05, 3.63) is 29.8 Å². The predicted octanol–water partition coefficient (Wildman–Crippen LogP) is 1.19. The van der Waals surface area contributed by atoms with Crippen molar-refractivity contribution in [2.75, 3.05) is 20.3 Å². The van der Waals surface area contributed by atoms with Crippen LogP contribution in [0.2, 0.25) is 0 Å². The van der Waals surface area contributed by atoms with Crippen LogP contribution in [0.1, 0.15) is 12.5 Å². The molecule has 1 atom stereocenters. The zero-order valence-electron chi connectivity index (χ0n) is 9.36. The van der Waals surface area contributed by atoms with Gasteiger partial charge in [-0.15, -0.1) is 0 Å². The van der Waals surface area contributed by atoms with E-state index in [2.05, 4.69) is 0 Å². The third-order valence-electron chi connectivity index (χ3n) is 2.64.